The second-order valence-corrected chi connectivity index (χ2v) is 8.98. The number of imidazole rings is 1. The van der Waals surface area contributed by atoms with E-state index in [2.05, 4.69) is 4.98 Å². The molecule has 148 valence electrons. The van der Waals surface area contributed by atoms with Crippen LogP contribution < -0.4 is 4.90 Å². The van der Waals surface area contributed by atoms with Gasteiger partial charge in [-0.25, -0.2) is 4.98 Å². The summed E-state index contributed by atoms with van der Waals surface area (Å²) in [6.07, 6.45) is 1.95. The Morgan fingerprint density at radius 2 is 2.00 bits per heavy atom. The first-order valence-corrected chi connectivity index (χ1v) is 10.9. The van der Waals surface area contributed by atoms with Crippen LogP contribution in [0.5, 0.6) is 0 Å². The van der Waals surface area contributed by atoms with Crippen LogP contribution in [0.2, 0.25) is 5.02 Å². The van der Waals surface area contributed by atoms with E-state index in [9.17, 15) is 14.9 Å². The summed E-state index contributed by atoms with van der Waals surface area (Å²) in [5, 5.41) is 13.7. The van der Waals surface area contributed by atoms with Crippen LogP contribution in [-0.4, -0.2) is 51.3 Å². The number of nitro benzene ring substituents is 1. The molecule has 5 rings (SSSR count). The van der Waals surface area contributed by atoms with E-state index in [0.717, 1.165) is 15.3 Å². The molecule has 3 aromatic heterocycles. The van der Waals surface area contributed by atoms with E-state index in [1.54, 1.807) is 28.4 Å². The summed E-state index contributed by atoms with van der Waals surface area (Å²) >= 11 is 8.87. The molecule has 1 aliphatic rings. The van der Waals surface area contributed by atoms with Crippen LogP contribution in [0.4, 0.5) is 11.4 Å². The number of hydrogen-bond acceptors (Lipinski definition) is 7. The van der Waals surface area contributed by atoms with E-state index in [4.69, 9.17) is 11.6 Å². The molecule has 1 amide bonds. The number of halogens is 1. The molecule has 0 aliphatic carbocycles. The number of anilines is 1. The number of carbonyl (C=O) groups is 1. The summed E-state index contributed by atoms with van der Waals surface area (Å²) < 4.78 is 1.99. The monoisotopic (exact) mass is 447 g/mol. The Morgan fingerprint density at radius 3 is 2.76 bits per heavy atom. The highest BCUT2D eigenvalue weighted by Crippen LogP contribution is 2.33. The Balaban J connectivity index is 1.33. The van der Waals surface area contributed by atoms with E-state index in [1.807, 2.05) is 26.9 Å². The summed E-state index contributed by atoms with van der Waals surface area (Å²) in [5.41, 5.74) is 1.46. The predicted molar refractivity (Wildman–Crippen MR) is 115 cm³/mol. The zero-order valence-electron chi connectivity index (χ0n) is 14.9. The molecule has 1 saturated heterocycles. The number of piperazine rings is 1. The van der Waals surface area contributed by atoms with Crippen molar-refractivity contribution in [3.05, 3.63) is 55.9 Å². The Bertz CT molecular complexity index is 1260. The van der Waals surface area contributed by atoms with Gasteiger partial charge in [-0.2, -0.15) is 0 Å². The molecule has 1 aliphatic heterocycles. The van der Waals surface area contributed by atoms with Crippen molar-refractivity contribution in [1.82, 2.24) is 14.3 Å². The van der Waals surface area contributed by atoms with Gasteiger partial charge in [-0.05, 0) is 18.2 Å². The zero-order valence-corrected chi connectivity index (χ0v) is 17.3. The van der Waals surface area contributed by atoms with Crippen LogP contribution in [0.3, 0.4) is 0 Å². The molecule has 11 heteroatoms. The van der Waals surface area contributed by atoms with Crippen molar-refractivity contribution in [2.75, 3.05) is 31.1 Å². The topological polar surface area (TPSA) is 84.0 Å². The van der Waals surface area contributed by atoms with Crippen LogP contribution >= 0.6 is 34.3 Å². The fourth-order valence-corrected chi connectivity index (χ4v) is 5.50. The molecule has 0 bridgehead atoms. The van der Waals surface area contributed by atoms with E-state index in [-0.39, 0.29) is 11.6 Å². The quantitative estimate of drug-likeness (QED) is 0.348. The van der Waals surface area contributed by atoms with Crippen molar-refractivity contribution < 1.29 is 9.72 Å². The number of hydrogen-bond donors (Lipinski definition) is 0. The molecule has 0 unspecified atom stereocenters. The fraction of sp³-hybridized carbons (Fsp3) is 0.222. The number of benzene rings is 1. The molecular formula is C18H14ClN5O3S2. The minimum Gasteiger partial charge on any atom is -0.362 e. The number of thiazole rings is 1. The average Bonchev–Trinajstić information content (AvgIpc) is 3.40. The van der Waals surface area contributed by atoms with E-state index in [1.165, 1.54) is 17.4 Å². The normalized spacial score (nSPS) is 14.8. The summed E-state index contributed by atoms with van der Waals surface area (Å²) in [6.45, 7) is 2.03. The molecular weight excluding hydrogens is 434 g/mol. The minimum absolute atomic E-state index is 0.0165. The van der Waals surface area contributed by atoms with Crippen molar-refractivity contribution in [3.63, 3.8) is 0 Å². The Morgan fingerprint density at radius 1 is 1.21 bits per heavy atom. The number of carbonyl (C=O) groups excluding carboxylic acids is 1. The number of rotatable bonds is 3. The zero-order chi connectivity index (χ0) is 20.1. The Labute approximate surface area is 177 Å². The first kappa shape index (κ1) is 18.3. The molecule has 4 aromatic rings. The van der Waals surface area contributed by atoms with Crippen molar-refractivity contribution >= 4 is 66.9 Å². The maximum absolute atomic E-state index is 13.0. The highest BCUT2D eigenvalue weighted by atomic mass is 35.5. The van der Waals surface area contributed by atoms with E-state index < -0.39 is 4.92 Å². The van der Waals surface area contributed by atoms with Gasteiger partial charge in [0.05, 0.1) is 15.3 Å². The standard InChI is InChI=1S/C18H14ClN5O3S2/c19-11-1-2-12(13(9-11)24(26)27)21-3-5-22(6-4-21)17(25)15-10-14-16(29-15)20-18-23(14)7-8-28-18/h1-2,7-10H,3-6H2. The molecule has 1 fully saturated rings. The van der Waals surface area contributed by atoms with Gasteiger partial charge < -0.3 is 9.80 Å². The third-order valence-corrected chi connectivity index (χ3v) is 6.99. The van der Waals surface area contributed by atoms with Gasteiger partial charge in [0.1, 0.15) is 10.5 Å². The second-order valence-electron chi connectivity index (χ2n) is 6.64. The SMILES string of the molecule is O=C(c1cc2c(nc3sccn32)s1)N1CCN(c2ccc(Cl)cc2[N+](=O)[O-])CC1. The second kappa shape index (κ2) is 6.97. The smallest absolute Gasteiger partial charge is 0.294 e. The lowest BCUT2D eigenvalue weighted by Gasteiger charge is -2.35. The molecule has 0 atom stereocenters. The van der Waals surface area contributed by atoms with Gasteiger partial charge in [0.15, 0.2) is 4.96 Å². The minimum atomic E-state index is -0.425. The number of thiophene rings is 1. The lowest BCUT2D eigenvalue weighted by Crippen LogP contribution is -2.48. The number of nitro groups is 1. The maximum atomic E-state index is 13.0. The van der Waals surface area contributed by atoms with Crippen LogP contribution in [0, 0.1) is 10.1 Å². The van der Waals surface area contributed by atoms with Crippen LogP contribution in [-0.2, 0) is 0 Å². The molecule has 0 radical (unpaired) electrons. The molecule has 0 saturated carbocycles. The first-order chi connectivity index (χ1) is 14.0. The van der Waals surface area contributed by atoms with Gasteiger partial charge in [0.2, 0.25) is 0 Å². The van der Waals surface area contributed by atoms with Crippen molar-refractivity contribution in [2.45, 2.75) is 0 Å². The van der Waals surface area contributed by atoms with Crippen LogP contribution in [0.1, 0.15) is 9.67 Å². The van der Waals surface area contributed by atoms with Gasteiger partial charge in [0, 0.05) is 48.8 Å². The predicted octanol–water partition coefficient (Wildman–Crippen LogP) is 4.13. The lowest BCUT2D eigenvalue weighted by atomic mass is 10.2. The number of fused-ring (bicyclic) bond motifs is 3. The van der Waals surface area contributed by atoms with Gasteiger partial charge in [-0.1, -0.05) is 11.6 Å². The molecule has 4 heterocycles. The summed E-state index contributed by atoms with van der Waals surface area (Å²) in [7, 11) is 0. The van der Waals surface area contributed by atoms with Gasteiger partial charge in [-0.3, -0.25) is 19.3 Å². The molecule has 8 nitrogen and oxygen atoms in total. The highest BCUT2D eigenvalue weighted by molar-refractivity contribution is 7.21. The average molecular weight is 448 g/mol. The number of nitrogens with zero attached hydrogens (tertiary/aromatic N) is 5. The Hall–Kier alpha value is -2.69. The third kappa shape index (κ3) is 3.13. The van der Waals surface area contributed by atoms with Gasteiger partial charge in [-0.15, -0.1) is 22.7 Å². The molecule has 0 N–H and O–H groups in total. The summed E-state index contributed by atoms with van der Waals surface area (Å²) in [4.78, 5) is 34.6. The first-order valence-electron chi connectivity index (χ1n) is 8.84. The maximum Gasteiger partial charge on any atom is 0.294 e. The summed E-state index contributed by atoms with van der Waals surface area (Å²) in [5.74, 6) is -0.0257. The lowest BCUT2D eigenvalue weighted by molar-refractivity contribution is -0.384. The largest absolute Gasteiger partial charge is 0.362 e. The van der Waals surface area contributed by atoms with Crippen LogP contribution in [0.25, 0.3) is 15.3 Å². The molecule has 1 aromatic carbocycles. The molecule has 29 heavy (non-hydrogen) atoms. The summed E-state index contributed by atoms with van der Waals surface area (Å²) in [6, 6.07) is 6.57. The van der Waals surface area contributed by atoms with Crippen molar-refractivity contribution in [2.24, 2.45) is 0 Å². The van der Waals surface area contributed by atoms with Crippen molar-refractivity contribution in [1.29, 1.82) is 0 Å². The molecule has 0 spiro atoms. The van der Waals surface area contributed by atoms with E-state index >= 15 is 0 Å². The fourth-order valence-electron chi connectivity index (χ4n) is 3.57. The van der Waals surface area contributed by atoms with E-state index in [0.29, 0.717) is 41.8 Å². The highest BCUT2D eigenvalue weighted by Gasteiger charge is 2.27. The third-order valence-electron chi connectivity index (χ3n) is 4.99. The van der Waals surface area contributed by atoms with Crippen LogP contribution in [0.15, 0.2) is 35.8 Å². The number of aromatic nitrogens is 2. The van der Waals surface area contributed by atoms with Crippen molar-refractivity contribution in [3.8, 4) is 0 Å². The van der Waals surface area contributed by atoms with Gasteiger partial charge in [0.25, 0.3) is 11.6 Å². The van der Waals surface area contributed by atoms with Gasteiger partial charge >= 0.3 is 0 Å². The Kier molecular flexibility index (Phi) is 4.41. The number of amides is 1.